The normalized spacial score (nSPS) is 12.4. The molecule has 1 heterocycles. The lowest BCUT2D eigenvalue weighted by Gasteiger charge is -2.08. The number of hydrogen-bond acceptors (Lipinski definition) is 6. The molecule has 7 nitrogen and oxygen atoms in total. The van der Waals surface area contributed by atoms with Crippen LogP contribution in [0.15, 0.2) is 4.73 Å². The summed E-state index contributed by atoms with van der Waals surface area (Å²) >= 11 is 4.54. The molecule has 0 saturated heterocycles. The van der Waals surface area contributed by atoms with Gasteiger partial charge in [0.2, 0.25) is 4.73 Å². The van der Waals surface area contributed by atoms with E-state index in [0.29, 0.717) is 6.42 Å². The minimum Gasteiger partial charge on any atom is -0.475 e. The second-order valence-corrected chi connectivity index (χ2v) is 4.84. The Balaban J connectivity index is 2.85. The lowest BCUT2D eigenvalue weighted by molar-refractivity contribution is 0.0683. The second kappa shape index (κ2) is 6.12. The van der Waals surface area contributed by atoms with Crippen LogP contribution < -0.4 is 5.73 Å². The van der Waals surface area contributed by atoms with Crippen LogP contribution in [0.2, 0.25) is 0 Å². The summed E-state index contributed by atoms with van der Waals surface area (Å²) < 4.78 is 0.911. The van der Waals surface area contributed by atoms with E-state index in [0.717, 1.165) is 10.4 Å². The van der Waals surface area contributed by atoms with Gasteiger partial charge >= 0.3 is 5.97 Å². The zero-order valence-corrected chi connectivity index (χ0v) is 11.4. The van der Waals surface area contributed by atoms with Gasteiger partial charge in [-0.2, -0.15) is 21.4 Å². The Morgan fingerprint density at radius 1 is 1.65 bits per heavy atom. The number of nitrogens with two attached hydrogens (primary N) is 1. The Kier molecular flexibility index (Phi) is 5.09. The monoisotopic (exact) mass is 322 g/mol. The summed E-state index contributed by atoms with van der Waals surface area (Å²) in [5.41, 5.74) is 5.67. The van der Waals surface area contributed by atoms with E-state index in [1.807, 2.05) is 6.26 Å². The molecule has 94 valence electrons. The molecule has 1 rings (SSSR count). The number of aromatic carboxylic acids is 1. The van der Waals surface area contributed by atoms with E-state index in [9.17, 15) is 9.59 Å². The van der Waals surface area contributed by atoms with Crippen molar-refractivity contribution < 1.29 is 14.7 Å². The zero-order chi connectivity index (χ0) is 13.0. The van der Waals surface area contributed by atoms with Crippen LogP contribution in [0, 0.1) is 0 Å². The average Bonchev–Trinajstić information content (AvgIpc) is 2.67. The molecule has 0 saturated carbocycles. The van der Waals surface area contributed by atoms with Gasteiger partial charge in [-0.1, -0.05) is 0 Å². The van der Waals surface area contributed by atoms with Crippen molar-refractivity contribution in [2.24, 2.45) is 5.73 Å². The van der Waals surface area contributed by atoms with E-state index >= 15 is 0 Å². The highest BCUT2D eigenvalue weighted by molar-refractivity contribution is 9.10. The number of halogens is 1. The molecule has 17 heavy (non-hydrogen) atoms. The highest BCUT2D eigenvalue weighted by Gasteiger charge is 2.22. The molecular weight excluding hydrogens is 312 g/mol. The van der Waals surface area contributed by atoms with E-state index in [1.165, 1.54) is 0 Å². The molecule has 0 spiro atoms. The van der Waals surface area contributed by atoms with E-state index < -0.39 is 23.7 Å². The van der Waals surface area contributed by atoms with Gasteiger partial charge in [0.1, 0.15) is 0 Å². The molecule has 3 N–H and O–H groups in total. The molecule has 0 radical (unpaired) electrons. The molecule has 0 bridgehead atoms. The largest absolute Gasteiger partial charge is 0.475 e. The molecule has 1 atom stereocenters. The Hall–Kier alpha value is -0.930. The SMILES string of the molecule is CSCC[C@H](N)C(=O)n1nc(C(=O)O)nc1Br. The first kappa shape index (κ1) is 14.1. The predicted octanol–water partition coefficient (Wildman–Crippen LogP) is 0.459. The maximum absolute atomic E-state index is 11.8. The summed E-state index contributed by atoms with van der Waals surface area (Å²) in [7, 11) is 0. The summed E-state index contributed by atoms with van der Waals surface area (Å²) in [6, 6.07) is -0.720. The fourth-order valence-corrected chi connectivity index (χ4v) is 1.96. The van der Waals surface area contributed by atoms with Gasteiger partial charge in [0.15, 0.2) is 0 Å². The van der Waals surface area contributed by atoms with Crippen molar-refractivity contribution in [1.82, 2.24) is 14.8 Å². The Labute approximate surface area is 110 Å². The number of carboxylic acid groups (broad SMARTS) is 1. The molecule has 0 amide bonds. The molecule has 0 unspecified atom stereocenters. The molecule has 0 aliphatic rings. The highest BCUT2D eigenvalue weighted by Crippen LogP contribution is 2.09. The van der Waals surface area contributed by atoms with Crippen molar-refractivity contribution in [2.75, 3.05) is 12.0 Å². The Bertz CT molecular complexity index is 436. The first-order valence-corrected chi connectivity index (χ1v) is 6.80. The van der Waals surface area contributed by atoms with Crippen molar-refractivity contribution in [3.63, 3.8) is 0 Å². The first-order valence-electron chi connectivity index (χ1n) is 4.62. The number of hydrogen-bond donors (Lipinski definition) is 2. The second-order valence-electron chi connectivity index (χ2n) is 3.15. The number of carbonyl (C=O) groups is 2. The van der Waals surface area contributed by atoms with Crippen molar-refractivity contribution in [3.8, 4) is 0 Å². The van der Waals surface area contributed by atoms with Crippen LogP contribution in [0.1, 0.15) is 21.8 Å². The average molecular weight is 323 g/mol. The molecule has 1 aromatic rings. The van der Waals surface area contributed by atoms with Gasteiger partial charge in [0, 0.05) is 0 Å². The topological polar surface area (TPSA) is 111 Å². The van der Waals surface area contributed by atoms with Crippen LogP contribution in [0.4, 0.5) is 0 Å². The van der Waals surface area contributed by atoms with Crippen molar-refractivity contribution in [3.05, 3.63) is 10.6 Å². The minimum atomic E-state index is -1.30. The quantitative estimate of drug-likeness (QED) is 0.809. The third-order valence-electron chi connectivity index (χ3n) is 1.92. The van der Waals surface area contributed by atoms with E-state index in [2.05, 4.69) is 26.0 Å². The smallest absolute Gasteiger partial charge is 0.375 e. The Morgan fingerprint density at radius 3 is 2.76 bits per heavy atom. The number of rotatable bonds is 5. The molecule has 9 heteroatoms. The van der Waals surface area contributed by atoms with Crippen molar-refractivity contribution in [1.29, 1.82) is 0 Å². The fourth-order valence-electron chi connectivity index (χ4n) is 1.05. The van der Waals surface area contributed by atoms with Gasteiger partial charge in [0.05, 0.1) is 6.04 Å². The van der Waals surface area contributed by atoms with Crippen molar-refractivity contribution in [2.45, 2.75) is 12.5 Å². The zero-order valence-electron chi connectivity index (χ0n) is 8.96. The lowest BCUT2D eigenvalue weighted by atomic mass is 10.2. The van der Waals surface area contributed by atoms with Gasteiger partial charge in [-0.05, 0) is 34.4 Å². The molecular formula is C8H11BrN4O3S. The number of thioether (sulfide) groups is 1. The van der Waals surface area contributed by atoms with Crippen LogP contribution in [-0.2, 0) is 0 Å². The summed E-state index contributed by atoms with van der Waals surface area (Å²) in [5, 5.41) is 12.2. The molecule has 0 aromatic carbocycles. The van der Waals surface area contributed by atoms with Crippen LogP contribution >= 0.6 is 27.7 Å². The minimum absolute atomic E-state index is 0.0412. The van der Waals surface area contributed by atoms with Crippen LogP contribution in [0.25, 0.3) is 0 Å². The van der Waals surface area contributed by atoms with Crippen LogP contribution in [0.3, 0.4) is 0 Å². The number of carboxylic acids is 1. The van der Waals surface area contributed by atoms with E-state index in [4.69, 9.17) is 10.8 Å². The van der Waals surface area contributed by atoms with Crippen molar-refractivity contribution >= 4 is 39.6 Å². The maximum atomic E-state index is 11.8. The molecule has 0 aliphatic carbocycles. The highest BCUT2D eigenvalue weighted by atomic mass is 79.9. The van der Waals surface area contributed by atoms with E-state index in [1.54, 1.807) is 11.8 Å². The van der Waals surface area contributed by atoms with E-state index in [-0.39, 0.29) is 4.73 Å². The molecule has 0 aliphatic heterocycles. The number of aromatic nitrogens is 3. The number of carbonyl (C=O) groups excluding carboxylic acids is 1. The lowest BCUT2D eigenvalue weighted by Crippen LogP contribution is -2.36. The fraction of sp³-hybridized carbons (Fsp3) is 0.500. The summed E-state index contributed by atoms with van der Waals surface area (Å²) in [6.45, 7) is 0. The van der Waals surface area contributed by atoms with Gasteiger partial charge in [-0.3, -0.25) is 4.79 Å². The van der Waals surface area contributed by atoms with Crippen LogP contribution in [-0.4, -0.2) is 49.8 Å². The maximum Gasteiger partial charge on any atom is 0.375 e. The first-order chi connectivity index (χ1) is 7.97. The third-order valence-corrected chi connectivity index (χ3v) is 3.08. The van der Waals surface area contributed by atoms with Gasteiger partial charge in [-0.25, -0.2) is 4.79 Å². The molecule has 1 aromatic heterocycles. The van der Waals surface area contributed by atoms with Gasteiger partial charge in [0.25, 0.3) is 11.7 Å². The predicted molar refractivity (Wildman–Crippen MR) is 66.3 cm³/mol. The summed E-state index contributed by atoms with van der Waals surface area (Å²) in [5.74, 6) is -1.48. The standard InChI is InChI=1S/C8H11BrN4O3S/c1-17-3-2-4(10)6(14)13-8(9)11-5(12-13)7(15)16/h4H,2-3,10H2,1H3,(H,15,16)/t4-/m0/s1. The summed E-state index contributed by atoms with van der Waals surface area (Å²) in [6.07, 6.45) is 2.40. The Morgan fingerprint density at radius 2 is 2.29 bits per heavy atom. The molecule has 0 fully saturated rings. The number of nitrogens with zero attached hydrogens (tertiary/aromatic N) is 3. The third kappa shape index (κ3) is 3.51. The van der Waals surface area contributed by atoms with Crippen LogP contribution in [0.5, 0.6) is 0 Å². The van der Waals surface area contributed by atoms with Gasteiger partial charge in [-0.15, -0.1) is 5.10 Å². The van der Waals surface area contributed by atoms with Gasteiger partial charge < -0.3 is 10.8 Å². The summed E-state index contributed by atoms with van der Waals surface area (Å²) in [4.78, 5) is 26.0.